The van der Waals surface area contributed by atoms with E-state index in [1.54, 1.807) is 0 Å². The van der Waals surface area contributed by atoms with Gasteiger partial charge < -0.3 is 0 Å². The van der Waals surface area contributed by atoms with E-state index >= 15 is 0 Å². The molecule has 0 aliphatic carbocycles. The predicted molar refractivity (Wildman–Crippen MR) is 83.2 cm³/mol. The molecule has 1 heterocycles. The van der Waals surface area contributed by atoms with Gasteiger partial charge in [-0.1, -0.05) is 36.4 Å². The average molecular weight is 262 g/mol. The van der Waals surface area contributed by atoms with Crippen molar-refractivity contribution in [1.82, 2.24) is 9.78 Å². The Labute approximate surface area is 119 Å². The highest BCUT2D eigenvalue weighted by Gasteiger charge is 2.09. The third-order valence-corrected chi connectivity index (χ3v) is 3.71. The lowest BCUT2D eigenvalue weighted by Crippen LogP contribution is -1.96. The van der Waals surface area contributed by atoms with Crippen molar-refractivity contribution in [1.29, 1.82) is 0 Å². The quantitative estimate of drug-likeness (QED) is 0.666. The van der Waals surface area contributed by atoms with Gasteiger partial charge in [0, 0.05) is 11.8 Å². The largest absolute Gasteiger partial charge is 0.240 e. The van der Waals surface area contributed by atoms with E-state index in [0.717, 1.165) is 5.69 Å². The van der Waals surface area contributed by atoms with E-state index in [9.17, 15) is 0 Å². The van der Waals surface area contributed by atoms with Crippen molar-refractivity contribution in [2.24, 2.45) is 0 Å². The smallest absolute Gasteiger partial charge is 0.0674 e. The van der Waals surface area contributed by atoms with Crippen LogP contribution in [0.3, 0.4) is 0 Å². The minimum absolute atomic E-state index is 1.13. The Hall–Kier alpha value is -2.35. The van der Waals surface area contributed by atoms with Crippen LogP contribution in [0.5, 0.6) is 0 Å². The molecular weight excluding hydrogens is 244 g/mol. The lowest BCUT2D eigenvalue weighted by Gasteiger charge is -2.07. The minimum Gasteiger partial charge on any atom is -0.240 e. The molecule has 3 aromatic rings. The van der Waals surface area contributed by atoms with E-state index in [1.165, 1.54) is 27.8 Å². The Balaban J connectivity index is 2.10. The summed E-state index contributed by atoms with van der Waals surface area (Å²) < 4.78 is 1.95. The van der Waals surface area contributed by atoms with Gasteiger partial charge in [-0.15, -0.1) is 0 Å². The summed E-state index contributed by atoms with van der Waals surface area (Å²) in [7, 11) is 0. The molecule has 0 saturated heterocycles. The fourth-order valence-corrected chi connectivity index (χ4v) is 2.67. The number of aromatic nitrogens is 2. The lowest BCUT2D eigenvalue weighted by atomic mass is 9.98. The van der Waals surface area contributed by atoms with Gasteiger partial charge in [0.2, 0.25) is 0 Å². The summed E-state index contributed by atoms with van der Waals surface area (Å²) in [4.78, 5) is 0. The second kappa shape index (κ2) is 4.97. The summed E-state index contributed by atoms with van der Waals surface area (Å²) in [5, 5.41) is 4.52. The number of nitrogens with zero attached hydrogens (tertiary/aromatic N) is 2. The third kappa shape index (κ3) is 2.14. The normalized spacial score (nSPS) is 10.8. The van der Waals surface area contributed by atoms with E-state index in [-0.39, 0.29) is 0 Å². The first kappa shape index (κ1) is 12.7. The molecule has 2 heteroatoms. The predicted octanol–water partition coefficient (Wildman–Crippen LogP) is 4.46. The van der Waals surface area contributed by atoms with Crippen LogP contribution in [0.25, 0.3) is 16.8 Å². The number of hydrogen-bond donors (Lipinski definition) is 0. The van der Waals surface area contributed by atoms with Crippen LogP contribution in [0.1, 0.15) is 16.7 Å². The van der Waals surface area contributed by atoms with E-state index < -0.39 is 0 Å². The maximum absolute atomic E-state index is 4.52. The molecule has 2 nitrogen and oxygen atoms in total. The molecule has 100 valence electrons. The molecule has 0 unspecified atom stereocenters. The van der Waals surface area contributed by atoms with Crippen LogP contribution in [0.2, 0.25) is 0 Å². The van der Waals surface area contributed by atoms with Crippen molar-refractivity contribution < 1.29 is 0 Å². The van der Waals surface area contributed by atoms with Crippen molar-refractivity contribution in [3.05, 3.63) is 71.5 Å². The lowest BCUT2D eigenvalue weighted by molar-refractivity contribution is 0.873. The molecule has 3 rings (SSSR count). The van der Waals surface area contributed by atoms with Gasteiger partial charge in [0.15, 0.2) is 0 Å². The molecule has 2 aromatic carbocycles. The maximum Gasteiger partial charge on any atom is 0.0674 e. The molecule has 0 aliphatic rings. The molecule has 0 spiro atoms. The highest BCUT2D eigenvalue weighted by Crippen LogP contribution is 2.27. The molecule has 0 atom stereocenters. The summed E-state index contributed by atoms with van der Waals surface area (Å²) >= 11 is 0. The van der Waals surface area contributed by atoms with Crippen molar-refractivity contribution in [3.63, 3.8) is 0 Å². The summed E-state index contributed by atoms with van der Waals surface area (Å²) in [6.07, 6.45) is 4.06. The van der Waals surface area contributed by atoms with Crippen LogP contribution in [0, 0.1) is 20.8 Å². The maximum atomic E-state index is 4.52. The van der Waals surface area contributed by atoms with E-state index in [1.807, 2.05) is 16.9 Å². The zero-order valence-corrected chi connectivity index (χ0v) is 12.1. The highest BCUT2D eigenvalue weighted by molar-refractivity contribution is 5.69. The van der Waals surface area contributed by atoms with Gasteiger partial charge in [0.25, 0.3) is 0 Å². The van der Waals surface area contributed by atoms with Crippen molar-refractivity contribution >= 4 is 0 Å². The van der Waals surface area contributed by atoms with E-state index in [4.69, 9.17) is 0 Å². The van der Waals surface area contributed by atoms with Crippen molar-refractivity contribution in [3.8, 4) is 16.8 Å². The molecule has 0 radical (unpaired) electrons. The Morgan fingerprint density at radius 1 is 0.800 bits per heavy atom. The molecule has 0 amide bonds. The Kier molecular flexibility index (Phi) is 3.15. The van der Waals surface area contributed by atoms with Gasteiger partial charge in [-0.05, 0) is 49.1 Å². The monoisotopic (exact) mass is 262 g/mol. The van der Waals surface area contributed by atoms with Crippen LogP contribution in [-0.4, -0.2) is 9.78 Å². The van der Waals surface area contributed by atoms with Gasteiger partial charge in [-0.3, -0.25) is 0 Å². The summed E-state index contributed by atoms with van der Waals surface area (Å²) in [5.74, 6) is 0. The second-order valence-corrected chi connectivity index (χ2v) is 5.23. The molecule has 0 bridgehead atoms. The van der Waals surface area contributed by atoms with E-state index in [0.29, 0.717) is 0 Å². The molecule has 0 saturated carbocycles. The van der Waals surface area contributed by atoms with Crippen LogP contribution in [0.15, 0.2) is 54.9 Å². The van der Waals surface area contributed by atoms with Gasteiger partial charge >= 0.3 is 0 Å². The SMILES string of the molecule is Cc1ccccc1-n1cc(-c2c(C)cccc2C)cn1. The fourth-order valence-electron chi connectivity index (χ4n) is 2.67. The number of benzene rings is 2. The summed E-state index contributed by atoms with van der Waals surface area (Å²) in [6, 6.07) is 14.7. The van der Waals surface area contributed by atoms with Crippen LogP contribution >= 0.6 is 0 Å². The second-order valence-electron chi connectivity index (χ2n) is 5.23. The summed E-state index contributed by atoms with van der Waals surface area (Å²) in [6.45, 7) is 6.40. The number of para-hydroxylation sites is 1. The first-order chi connectivity index (χ1) is 9.66. The zero-order chi connectivity index (χ0) is 14.1. The minimum atomic E-state index is 1.13. The molecule has 0 fully saturated rings. The molecule has 1 aromatic heterocycles. The number of aryl methyl sites for hydroxylation is 3. The first-order valence-electron chi connectivity index (χ1n) is 6.84. The van der Waals surface area contributed by atoms with Gasteiger partial charge in [0.05, 0.1) is 11.9 Å². The average Bonchev–Trinajstić information content (AvgIpc) is 2.88. The first-order valence-corrected chi connectivity index (χ1v) is 6.84. The Bertz CT molecular complexity index is 733. The third-order valence-electron chi connectivity index (χ3n) is 3.71. The Morgan fingerprint density at radius 2 is 1.45 bits per heavy atom. The fraction of sp³-hybridized carbons (Fsp3) is 0.167. The van der Waals surface area contributed by atoms with E-state index in [2.05, 4.69) is 68.5 Å². The van der Waals surface area contributed by atoms with Gasteiger partial charge in [-0.2, -0.15) is 5.10 Å². The number of rotatable bonds is 2. The molecule has 0 aliphatic heterocycles. The van der Waals surface area contributed by atoms with Gasteiger partial charge in [0.1, 0.15) is 0 Å². The van der Waals surface area contributed by atoms with Crippen LogP contribution < -0.4 is 0 Å². The molecule has 20 heavy (non-hydrogen) atoms. The summed E-state index contributed by atoms with van der Waals surface area (Å²) in [5.41, 5.74) is 7.38. The number of hydrogen-bond acceptors (Lipinski definition) is 1. The molecular formula is C18H18N2. The zero-order valence-electron chi connectivity index (χ0n) is 12.1. The topological polar surface area (TPSA) is 17.8 Å². The standard InChI is InChI=1S/C18H18N2/c1-13-7-4-5-10-17(13)20-12-16(11-19-20)18-14(2)8-6-9-15(18)3/h4-12H,1-3H3. The van der Waals surface area contributed by atoms with Crippen molar-refractivity contribution in [2.45, 2.75) is 20.8 Å². The van der Waals surface area contributed by atoms with Crippen LogP contribution in [-0.2, 0) is 0 Å². The van der Waals surface area contributed by atoms with Gasteiger partial charge in [-0.25, -0.2) is 4.68 Å². The highest BCUT2D eigenvalue weighted by atomic mass is 15.3. The molecule has 0 N–H and O–H groups in total. The van der Waals surface area contributed by atoms with Crippen molar-refractivity contribution in [2.75, 3.05) is 0 Å². The Morgan fingerprint density at radius 3 is 2.15 bits per heavy atom. The van der Waals surface area contributed by atoms with Crippen LogP contribution in [0.4, 0.5) is 0 Å².